The van der Waals surface area contributed by atoms with Crippen LogP contribution < -0.4 is 5.32 Å². The molecule has 1 aromatic carbocycles. The topological polar surface area (TPSA) is 66.4 Å². The van der Waals surface area contributed by atoms with E-state index < -0.39 is 11.4 Å². The molecule has 102 valence electrons. The van der Waals surface area contributed by atoms with Gasteiger partial charge in [-0.1, -0.05) is 24.1 Å². The van der Waals surface area contributed by atoms with Crippen molar-refractivity contribution in [2.24, 2.45) is 5.41 Å². The molecule has 0 atom stereocenters. The number of hydrogen-bond acceptors (Lipinski definition) is 2. The van der Waals surface area contributed by atoms with E-state index in [4.69, 9.17) is 11.6 Å². The Hall–Kier alpha value is -1.55. The molecule has 2 rings (SSSR count). The molecule has 1 aliphatic rings. The highest BCUT2D eigenvalue weighted by Gasteiger charge is 2.44. The molecular weight excluding hydrogens is 266 g/mol. The van der Waals surface area contributed by atoms with Crippen molar-refractivity contribution in [2.75, 3.05) is 6.54 Å². The highest BCUT2D eigenvalue weighted by molar-refractivity contribution is 6.31. The molecule has 1 fully saturated rings. The van der Waals surface area contributed by atoms with Crippen LogP contribution in [0.1, 0.15) is 35.2 Å². The summed E-state index contributed by atoms with van der Waals surface area (Å²) in [6.45, 7) is 2.03. The van der Waals surface area contributed by atoms with Gasteiger partial charge >= 0.3 is 5.97 Å². The largest absolute Gasteiger partial charge is 0.481 e. The molecule has 2 N–H and O–H groups in total. The van der Waals surface area contributed by atoms with E-state index in [0.29, 0.717) is 23.4 Å². The summed E-state index contributed by atoms with van der Waals surface area (Å²) in [5, 5.41) is 12.4. The van der Waals surface area contributed by atoms with Crippen LogP contribution >= 0.6 is 11.6 Å². The van der Waals surface area contributed by atoms with Crippen molar-refractivity contribution >= 4 is 23.5 Å². The lowest BCUT2D eigenvalue weighted by Gasteiger charge is -2.37. The number of carboxylic acid groups (broad SMARTS) is 1. The number of aliphatic carboxylic acids is 1. The molecule has 0 unspecified atom stereocenters. The Morgan fingerprint density at radius 1 is 1.42 bits per heavy atom. The zero-order valence-electron chi connectivity index (χ0n) is 10.7. The van der Waals surface area contributed by atoms with E-state index in [1.165, 1.54) is 0 Å². The number of amides is 1. The van der Waals surface area contributed by atoms with Crippen LogP contribution in [0.2, 0.25) is 5.02 Å². The molecule has 0 radical (unpaired) electrons. The van der Waals surface area contributed by atoms with Gasteiger partial charge in [0.2, 0.25) is 0 Å². The van der Waals surface area contributed by atoms with E-state index in [9.17, 15) is 14.7 Å². The number of rotatable bonds is 4. The first-order chi connectivity index (χ1) is 8.94. The SMILES string of the molecule is Cc1ccc(C(=O)NCC2(C(=O)O)CCC2)cc1Cl. The number of benzene rings is 1. The number of hydrogen-bond donors (Lipinski definition) is 2. The molecule has 19 heavy (non-hydrogen) atoms. The van der Waals surface area contributed by atoms with Gasteiger partial charge in [-0.25, -0.2) is 0 Å². The second kappa shape index (κ2) is 5.21. The van der Waals surface area contributed by atoms with Crippen molar-refractivity contribution < 1.29 is 14.7 Å². The second-order valence-corrected chi connectivity index (χ2v) is 5.49. The summed E-state index contributed by atoms with van der Waals surface area (Å²) in [7, 11) is 0. The van der Waals surface area contributed by atoms with Gasteiger partial charge in [0.25, 0.3) is 5.91 Å². The fourth-order valence-electron chi connectivity index (χ4n) is 2.16. The third-order valence-corrected chi connectivity index (χ3v) is 4.19. The van der Waals surface area contributed by atoms with Crippen LogP contribution in [0.5, 0.6) is 0 Å². The normalized spacial score (nSPS) is 16.5. The maximum absolute atomic E-state index is 12.0. The average molecular weight is 282 g/mol. The van der Waals surface area contributed by atoms with Crippen molar-refractivity contribution in [3.05, 3.63) is 34.3 Å². The van der Waals surface area contributed by atoms with Crippen molar-refractivity contribution in [1.82, 2.24) is 5.32 Å². The molecule has 1 aromatic rings. The van der Waals surface area contributed by atoms with Crippen molar-refractivity contribution in [2.45, 2.75) is 26.2 Å². The number of aryl methyl sites for hydroxylation is 1. The third kappa shape index (κ3) is 2.73. The van der Waals surface area contributed by atoms with E-state index in [2.05, 4.69) is 5.32 Å². The molecule has 1 amide bonds. The lowest BCUT2D eigenvalue weighted by molar-refractivity contribution is -0.153. The van der Waals surface area contributed by atoms with Crippen LogP contribution in [0, 0.1) is 12.3 Å². The summed E-state index contributed by atoms with van der Waals surface area (Å²) >= 11 is 5.96. The summed E-state index contributed by atoms with van der Waals surface area (Å²) in [6.07, 6.45) is 2.15. The van der Waals surface area contributed by atoms with E-state index in [1.54, 1.807) is 18.2 Å². The summed E-state index contributed by atoms with van der Waals surface area (Å²) in [5.74, 6) is -1.12. The monoisotopic (exact) mass is 281 g/mol. The number of carbonyl (C=O) groups excluding carboxylic acids is 1. The Kier molecular flexibility index (Phi) is 3.80. The molecule has 0 heterocycles. The highest BCUT2D eigenvalue weighted by Crippen LogP contribution is 2.40. The van der Waals surface area contributed by atoms with E-state index in [-0.39, 0.29) is 12.5 Å². The van der Waals surface area contributed by atoms with Crippen molar-refractivity contribution in [3.63, 3.8) is 0 Å². The number of nitrogens with one attached hydrogen (secondary N) is 1. The molecule has 0 bridgehead atoms. The number of carboxylic acids is 1. The minimum Gasteiger partial charge on any atom is -0.481 e. The fraction of sp³-hybridized carbons (Fsp3) is 0.429. The van der Waals surface area contributed by atoms with E-state index >= 15 is 0 Å². The Morgan fingerprint density at radius 2 is 2.11 bits per heavy atom. The van der Waals surface area contributed by atoms with Gasteiger partial charge in [-0.2, -0.15) is 0 Å². The maximum atomic E-state index is 12.0. The van der Waals surface area contributed by atoms with Gasteiger partial charge < -0.3 is 10.4 Å². The predicted molar refractivity (Wildman–Crippen MR) is 72.4 cm³/mol. The van der Waals surface area contributed by atoms with E-state index in [0.717, 1.165) is 12.0 Å². The first-order valence-electron chi connectivity index (χ1n) is 6.22. The standard InChI is InChI=1S/C14H16ClNO3/c1-9-3-4-10(7-11(9)15)12(17)16-8-14(13(18)19)5-2-6-14/h3-4,7H,2,5-6,8H2,1H3,(H,16,17)(H,18,19). The zero-order chi connectivity index (χ0) is 14.0. The molecule has 0 aromatic heterocycles. The first kappa shape index (κ1) is 13.9. The summed E-state index contributed by atoms with van der Waals surface area (Å²) in [6, 6.07) is 5.05. The van der Waals surface area contributed by atoms with Crippen LogP contribution in [-0.4, -0.2) is 23.5 Å². The minimum absolute atomic E-state index is 0.173. The Morgan fingerprint density at radius 3 is 2.58 bits per heavy atom. The Labute approximate surface area is 116 Å². The minimum atomic E-state index is -0.832. The summed E-state index contributed by atoms with van der Waals surface area (Å²) in [5.41, 5.74) is 0.583. The number of halogens is 1. The quantitative estimate of drug-likeness (QED) is 0.891. The van der Waals surface area contributed by atoms with Gasteiger partial charge in [0, 0.05) is 17.1 Å². The molecule has 5 heteroatoms. The van der Waals surface area contributed by atoms with Gasteiger partial charge in [0.05, 0.1) is 5.41 Å². The highest BCUT2D eigenvalue weighted by atomic mass is 35.5. The summed E-state index contributed by atoms with van der Waals surface area (Å²) in [4.78, 5) is 23.1. The molecule has 0 aliphatic heterocycles. The zero-order valence-corrected chi connectivity index (χ0v) is 11.5. The predicted octanol–water partition coefficient (Wildman–Crippen LogP) is 2.63. The lowest BCUT2D eigenvalue weighted by atomic mass is 9.69. The molecular formula is C14H16ClNO3. The Balaban J connectivity index is 2.01. The fourth-order valence-corrected chi connectivity index (χ4v) is 2.34. The van der Waals surface area contributed by atoms with Gasteiger partial charge in [0.15, 0.2) is 0 Å². The Bertz CT molecular complexity index is 523. The smallest absolute Gasteiger partial charge is 0.311 e. The van der Waals surface area contributed by atoms with Gasteiger partial charge in [-0.3, -0.25) is 9.59 Å². The van der Waals surface area contributed by atoms with Gasteiger partial charge in [0.1, 0.15) is 0 Å². The van der Waals surface area contributed by atoms with Crippen LogP contribution in [-0.2, 0) is 4.79 Å². The van der Waals surface area contributed by atoms with Crippen molar-refractivity contribution in [3.8, 4) is 0 Å². The van der Waals surface area contributed by atoms with Crippen LogP contribution in [0.25, 0.3) is 0 Å². The van der Waals surface area contributed by atoms with Crippen molar-refractivity contribution in [1.29, 1.82) is 0 Å². The van der Waals surface area contributed by atoms with E-state index in [1.807, 2.05) is 6.92 Å². The average Bonchev–Trinajstić information content (AvgIpc) is 2.30. The van der Waals surface area contributed by atoms with Crippen LogP contribution in [0.15, 0.2) is 18.2 Å². The van der Waals surface area contributed by atoms with Gasteiger partial charge in [-0.15, -0.1) is 0 Å². The van der Waals surface area contributed by atoms with Crippen LogP contribution in [0.3, 0.4) is 0 Å². The molecule has 0 spiro atoms. The number of carbonyl (C=O) groups is 2. The molecule has 0 saturated heterocycles. The molecule has 1 saturated carbocycles. The van der Waals surface area contributed by atoms with Gasteiger partial charge in [-0.05, 0) is 37.5 Å². The second-order valence-electron chi connectivity index (χ2n) is 5.09. The maximum Gasteiger partial charge on any atom is 0.311 e. The molecule has 1 aliphatic carbocycles. The lowest BCUT2D eigenvalue weighted by Crippen LogP contribution is -2.47. The molecule has 4 nitrogen and oxygen atoms in total. The third-order valence-electron chi connectivity index (χ3n) is 3.79. The van der Waals surface area contributed by atoms with Crippen LogP contribution in [0.4, 0.5) is 0 Å². The summed E-state index contributed by atoms with van der Waals surface area (Å²) < 4.78 is 0. The first-order valence-corrected chi connectivity index (χ1v) is 6.60.